The second-order valence-electron chi connectivity index (χ2n) is 5.79. The summed E-state index contributed by atoms with van der Waals surface area (Å²) in [6, 6.07) is 16.7. The van der Waals surface area contributed by atoms with Crippen molar-refractivity contribution in [3.63, 3.8) is 0 Å². The van der Waals surface area contributed by atoms with Crippen LogP contribution in [-0.4, -0.2) is 10.5 Å². The Balaban J connectivity index is 1.61. The summed E-state index contributed by atoms with van der Waals surface area (Å²) in [4.78, 5) is 23.9. The smallest absolute Gasteiger partial charge is 0.252 e. The summed E-state index contributed by atoms with van der Waals surface area (Å²) in [5, 5.41) is 2.81. The molecule has 0 fully saturated rings. The Bertz CT molecular complexity index is 984. The van der Waals surface area contributed by atoms with E-state index in [-0.39, 0.29) is 11.5 Å². The molecule has 0 saturated carbocycles. The van der Waals surface area contributed by atoms with Crippen LogP contribution in [0.2, 0.25) is 0 Å². The van der Waals surface area contributed by atoms with Crippen LogP contribution in [0.3, 0.4) is 0 Å². The lowest BCUT2D eigenvalue weighted by atomic mass is 10.1. The number of aromatic nitrogens is 1. The van der Waals surface area contributed by atoms with Crippen LogP contribution in [0.4, 0.5) is 4.39 Å². The third kappa shape index (κ3) is 4.46. The lowest BCUT2D eigenvalue weighted by molar-refractivity contribution is 0.0950. The molecule has 0 saturated heterocycles. The van der Waals surface area contributed by atoms with Gasteiger partial charge in [0.15, 0.2) is 0 Å². The van der Waals surface area contributed by atoms with Gasteiger partial charge in [-0.15, -0.1) is 0 Å². The van der Waals surface area contributed by atoms with Crippen molar-refractivity contribution in [2.24, 2.45) is 0 Å². The summed E-state index contributed by atoms with van der Waals surface area (Å²) in [6.07, 6.45) is 1.75. The average molecular weight is 415 g/mol. The number of hydrogen-bond donors (Lipinski definition) is 1. The van der Waals surface area contributed by atoms with Crippen LogP contribution in [-0.2, 0) is 13.1 Å². The first kappa shape index (κ1) is 18.1. The number of amides is 1. The number of pyridine rings is 1. The maximum atomic E-state index is 13.1. The second-order valence-corrected chi connectivity index (χ2v) is 6.64. The minimum Gasteiger partial charge on any atom is -0.348 e. The van der Waals surface area contributed by atoms with Crippen LogP contribution in [0.25, 0.3) is 0 Å². The first-order valence-electron chi connectivity index (χ1n) is 7.99. The van der Waals surface area contributed by atoms with Crippen molar-refractivity contribution in [3.05, 3.63) is 104 Å². The van der Waals surface area contributed by atoms with E-state index in [9.17, 15) is 14.0 Å². The monoisotopic (exact) mass is 414 g/mol. The highest BCUT2D eigenvalue weighted by atomic mass is 79.9. The fourth-order valence-electron chi connectivity index (χ4n) is 2.50. The maximum absolute atomic E-state index is 13.1. The average Bonchev–Trinajstić information content (AvgIpc) is 2.63. The van der Waals surface area contributed by atoms with Gasteiger partial charge < -0.3 is 9.88 Å². The Morgan fingerprint density at radius 1 is 1.04 bits per heavy atom. The first-order valence-corrected chi connectivity index (χ1v) is 8.79. The molecule has 0 aliphatic rings. The van der Waals surface area contributed by atoms with Gasteiger partial charge in [-0.1, -0.05) is 30.3 Å². The van der Waals surface area contributed by atoms with Gasteiger partial charge in [-0.25, -0.2) is 4.39 Å². The summed E-state index contributed by atoms with van der Waals surface area (Å²) in [7, 11) is 0. The Hall–Kier alpha value is -2.73. The zero-order valence-corrected chi connectivity index (χ0v) is 15.4. The molecule has 4 nitrogen and oxygen atoms in total. The van der Waals surface area contributed by atoms with Crippen LogP contribution in [0.1, 0.15) is 21.5 Å². The third-order valence-electron chi connectivity index (χ3n) is 3.90. The SMILES string of the molecule is O=C(NCc1ccc(Cn2ccccc2=O)cc1)c1ccc(F)cc1Br. The molecule has 0 bridgehead atoms. The Morgan fingerprint density at radius 3 is 2.46 bits per heavy atom. The minimum absolute atomic E-state index is 0.0475. The van der Waals surface area contributed by atoms with Crippen molar-refractivity contribution < 1.29 is 9.18 Å². The predicted octanol–water partition coefficient (Wildman–Crippen LogP) is 3.73. The van der Waals surface area contributed by atoms with Gasteiger partial charge in [0.2, 0.25) is 0 Å². The van der Waals surface area contributed by atoms with Crippen molar-refractivity contribution in [1.82, 2.24) is 9.88 Å². The highest BCUT2D eigenvalue weighted by Crippen LogP contribution is 2.18. The molecule has 1 heterocycles. The molecule has 1 aromatic heterocycles. The normalized spacial score (nSPS) is 10.5. The fraction of sp³-hybridized carbons (Fsp3) is 0.100. The fourth-order valence-corrected chi connectivity index (χ4v) is 3.03. The molecular weight excluding hydrogens is 399 g/mol. The molecule has 0 unspecified atom stereocenters. The number of nitrogens with zero attached hydrogens (tertiary/aromatic N) is 1. The molecule has 0 aliphatic heterocycles. The number of nitrogens with one attached hydrogen (secondary N) is 1. The molecule has 2 aromatic carbocycles. The van der Waals surface area contributed by atoms with Crippen LogP contribution in [0, 0.1) is 5.82 Å². The summed E-state index contributed by atoms with van der Waals surface area (Å²) in [5.41, 5.74) is 2.26. The van der Waals surface area contributed by atoms with Gasteiger partial charge in [0.05, 0.1) is 12.1 Å². The Kier molecular flexibility index (Phi) is 5.63. The predicted molar refractivity (Wildman–Crippen MR) is 102 cm³/mol. The number of halogens is 2. The number of hydrogen-bond acceptors (Lipinski definition) is 2. The van der Waals surface area contributed by atoms with Crippen molar-refractivity contribution in [2.45, 2.75) is 13.1 Å². The van der Waals surface area contributed by atoms with Crippen LogP contribution < -0.4 is 10.9 Å². The molecule has 0 atom stereocenters. The van der Waals surface area contributed by atoms with Gasteiger partial charge in [0, 0.05) is 23.3 Å². The number of rotatable bonds is 5. The molecule has 0 spiro atoms. The summed E-state index contributed by atoms with van der Waals surface area (Å²) in [5.74, 6) is -0.682. The van der Waals surface area contributed by atoms with Gasteiger partial charge in [0.25, 0.3) is 11.5 Å². The van der Waals surface area contributed by atoms with Gasteiger partial charge in [-0.2, -0.15) is 0 Å². The second kappa shape index (κ2) is 8.10. The number of carbonyl (C=O) groups excluding carboxylic acids is 1. The van der Waals surface area contributed by atoms with Gasteiger partial charge in [-0.3, -0.25) is 9.59 Å². The third-order valence-corrected chi connectivity index (χ3v) is 4.56. The molecule has 6 heteroatoms. The zero-order chi connectivity index (χ0) is 18.5. The summed E-state index contributed by atoms with van der Waals surface area (Å²) in [6.45, 7) is 0.850. The maximum Gasteiger partial charge on any atom is 0.252 e. The van der Waals surface area contributed by atoms with Gasteiger partial charge >= 0.3 is 0 Å². The largest absolute Gasteiger partial charge is 0.348 e. The summed E-state index contributed by atoms with van der Waals surface area (Å²) >= 11 is 3.19. The zero-order valence-electron chi connectivity index (χ0n) is 13.8. The topological polar surface area (TPSA) is 51.1 Å². The van der Waals surface area contributed by atoms with E-state index >= 15 is 0 Å². The lowest BCUT2D eigenvalue weighted by Crippen LogP contribution is -2.23. The van der Waals surface area contributed by atoms with E-state index in [1.165, 1.54) is 24.3 Å². The molecule has 1 N–H and O–H groups in total. The highest BCUT2D eigenvalue weighted by molar-refractivity contribution is 9.10. The quantitative estimate of drug-likeness (QED) is 0.691. The van der Waals surface area contributed by atoms with Gasteiger partial charge in [-0.05, 0) is 51.3 Å². The van der Waals surface area contributed by atoms with E-state index in [1.807, 2.05) is 30.3 Å². The molecule has 3 rings (SSSR count). The van der Waals surface area contributed by atoms with Crippen molar-refractivity contribution >= 4 is 21.8 Å². The van der Waals surface area contributed by atoms with E-state index in [0.717, 1.165) is 11.1 Å². The highest BCUT2D eigenvalue weighted by Gasteiger charge is 2.10. The van der Waals surface area contributed by atoms with Crippen LogP contribution in [0.5, 0.6) is 0 Å². The van der Waals surface area contributed by atoms with E-state index in [1.54, 1.807) is 16.8 Å². The Labute approximate surface area is 158 Å². The van der Waals surface area contributed by atoms with Crippen molar-refractivity contribution in [3.8, 4) is 0 Å². The van der Waals surface area contributed by atoms with E-state index < -0.39 is 5.82 Å². The standard InChI is InChI=1S/C20H16BrFN2O2/c21-18-11-16(22)8-9-17(18)20(26)23-12-14-4-6-15(7-5-14)13-24-10-2-1-3-19(24)25/h1-11H,12-13H2,(H,23,26). The van der Waals surface area contributed by atoms with Gasteiger partial charge in [0.1, 0.15) is 5.82 Å². The molecule has 1 amide bonds. The summed E-state index contributed by atoms with van der Waals surface area (Å²) < 4.78 is 15.1. The molecule has 132 valence electrons. The number of carbonyl (C=O) groups is 1. The van der Waals surface area contributed by atoms with E-state index in [0.29, 0.717) is 23.1 Å². The first-order chi connectivity index (χ1) is 12.5. The Morgan fingerprint density at radius 2 is 1.77 bits per heavy atom. The molecule has 3 aromatic rings. The van der Waals surface area contributed by atoms with E-state index in [2.05, 4.69) is 21.2 Å². The minimum atomic E-state index is -0.401. The number of benzene rings is 2. The van der Waals surface area contributed by atoms with Crippen LogP contribution >= 0.6 is 15.9 Å². The molecule has 0 radical (unpaired) electrons. The molecule has 0 aliphatic carbocycles. The van der Waals surface area contributed by atoms with Crippen molar-refractivity contribution in [2.75, 3.05) is 0 Å². The molecule has 26 heavy (non-hydrogen) atoms. The van der Waals surface area contributed by atoms with Crippen LogP contribution in [0.15, 0.2) is 76.1 Å². The van der Waals surface area contributed by atoms with Crippen molar-refractivity contribution in [1.29, 1.82) is 0 Å². The lowest BCUT2D eigenvalue weighted by Gasteiger charge is -2.09. The van der Waals surface area contributed by atoms with E-state index in [4.69, 9.17) is 0 Å². The molecular formula is C20H16BrFN2O2.